The highest BCUT2D eigenvalue weighted by Crippen LogP contribution is 2.15. The summed E-state index contributed by atoms with van der Waals surface area (Å²) in [5, 5.41) is 6.36. The Morgan fingerprint density at radius 3 is 2.45 bits per heavy atom. The highest BCUT2D eigenvalue weighted by atomic mass is 79.9. The monoisotopic (exact) mass is 359 g/mol. The van der Waals surface area contributed by atoms with E-state index in [1.807, 2.05) is 36.4 Å². The summed E-state index contributed by atoms with van der Waals surface area (Å²) in [5.74, 6) is -0.720. The van der Waals surface area contributed by atoms with Crippen molar-refractivity contribution >= 4 is 34.0 Å². The van der Waals surface area contributed by atoms with Gasteiger partial charge in [0.1, 0.15) is 0 Å². The van der Waals surface area contributed by atoms with E-state index in [4.69, 9.17) is 0 Å². The Labute approximate surface area is 136 Å². The molecule has 0 spiro atoms. The van der Waals surface area contributed by atoms with Crippen LogP contribution in [0.3, 0.4) is 0 Å². The van der Waals surface area contributed by atoms with Gasteiger partial charge in [0.15, 0.2) is 0 Å². The van der Waals surface area contributed by atoms with Crippen LogP contribution >= 0.6 is 15.9 Å². The Morgan fingerprint density at radius 2 is 1.73 bits per heavy atom. The molecule has 5 nitrogen and oxygen atoms in total. The third kappa shape index (κ3) is 4.82. The van der Waals surface area contributed by atoms with E-state index in [0.717, 1.165) is 5.56 Å². The summed E-state index contributed by atoms with van der Waals surface area (Å²) in [4.78, 5) is 23.5. The zero-order valence-corrected chi connectivity index (χ0v) is 13.2. The number of rotatable bonds is 5. The highest BCUT2D eigenvalue weighted by molar-refractivity contribution is 9.10. The van der Waals surface area contributed by atoms with E-state index >= 15 is 0 Å². The van der Waals surface area contributed by atoms with E-state index in [9.17, 15) is 9.59 Å². The summed E-state index contributed by atoms with van der Waals surface area (Å²) in [6, 6.07) is 16.4. The number of nitrogens with zero attached hydrogens (tertiary/aromatic N) is 1. The van der Waals surface area contributed by atoms with Crippen molar-refractivity contribution in [2.45, 2.75) is 0 Å². The van der Waals surface area contributed by atoms with Gasteiger partial charge >= 0.3 is 0 Å². The van der Waals surface area contributed by atoms with Gasteiger partial charge in [-0.2, -0.15) is 5.10 Å². The number of hydrogen-bond acceptors (Lipinski definition) is 3. The molecule has 0 saturated heterocycles. The topological polar surface area (TPSA) is 70.6 Å². The van der Waals surface area contributed by atoms with Crippen molar-refractivity contribution in [3.63, 3.8) is 0 Å². The Kier molecular flexibility index (Phi) is 5.85. The predicted octanol–water partition coefficient (Wildman–Crippen LogP) is 2.33. The molecular weight excluding hydrogens is 346 g/mol. The van der Waals surface area contributed by atoms with Crippen molar-refractivity contribution in [1.29, 1.82) is 0 Å². The molecule has 0 radical (unpaired) electrons. The van der Waals surface area contributed by atoms with E-state index in [2.05, 4.69) is 31.8 Å². The molecule has 0 heterocycles. The Morgan fingerprint density at radius 1 is 1.05 bits per heavy atom. The summed E-state index contributed by atoms with van der Waals surface area (Å²) in [7, 11) is 0. The van der Waals surface area contributed by atoms with E-state index < -0.39 is 5.91 Å². The molecule has 2 aromatic rings. The normalized spacial score (nSPS) is 10.4. The van der Waals surface area contributed by atoms with E-state index in [0.29, 0.717) is 10.0 Å². The average Bonchev–Trinajstić information content (AvgIpc) is 2.54. The summed E-state index contributed by atoms with van der Waals surface area (Å²) in [6.07, 6.45) is 1.54. The largest absolute Gasteiger partial charge is 0.343 e. The fourth-order valence-electron chi connectivity index (χ4n) is 1.66. The summed E-state index contributed by atoms with van der Waals surface area (Å²) in [6.45, 7) is -0.147. The van der Waals surface area contributed by atoms with Crippen LogP contribution < -0.4 is 10.7 Å². The van der Waals surface area contributed by atoms with Gasteiger partial charge in [-0.05, 0) is 33.6 Å². The maximum absolute atomic E-state index is 11.9. The number of hydrazone groups is 1. The van der Waals surface area contributed by atoms with Crippen molar-refractivity contribution in [3.8, 4) is 0 Å². The molecule has 22 heavy (non-hydrogen) atoms. The third-order valence-electron chi connectivity index (χ3n) is 2.73. The molecule has 112 valence electrons. The number of halogens is 1. The molecule has 0 unspecified atom stereocenters. The second-order valence-corrected chi connectivity index (χ2v) is 5.22. The number of benzene rings is 2. The molecule has 0 aliphatic heterocycles. The molecule has 2 rings (SSSR count). The maximum Gasteiger partial charge on any atom is 0.259 e. The first-order valence-electron chi connectivity index (χ1n) is 6.56. The number of carbonyl (C=O) groups is 2. The maximum atomic E-state index is 11.9. The molecule has 0 aliphatic rings. The SMILES string of the molecule is O=C(CNC(=O)c1ccccc1Br)N/N=C\c1ccccc1. The van der Waals surface area contributed by atoms with Crippen LogP contribution in [0.25, 0.3) is 0 Å². The van der Waals surface area contributed by atoms with E-state index in [-0.39, 0.29) is 12.5 Å². The van der Waals surface area contributed by atoms with Gasteiger partial charge in [-0.3, -0.25) is 9.59 Å². The number of carbonyl (C=O) groups excluding carboxylic acids is 2. The van der Waals surface area contributed by atoms with E-state index in [1.54, 1.807) is 18.2 Å². The van der Waals surface area contributed by atoms with E-state index in [1.165, 1.54) is 6.21 Å². The van der Waals surface area contributed by atoms with Crippen LogP contribution in [-0.4, -0.2) is 24.6 Å². The zero-order chi connectivity index (χ0) is 15.8. The first-order valence-corrected chi connectivity index (χ1v) is 7.36. The summed E-state index contributed by atoms with van der Waals surface area (Å²) >= 11 is 3.29. The number of nitrogens with one attached hydrogen (secondary N) is 2. The fourth-order valence-corrected chi connectivity index (χ4v) is 2.12. The minimum absolute atomic E-state index is 0.147. The van der Waals surface area contributed by atoms with Crippen molar-refractivity contribution in [2.24, 2.45) is 5.10 Å². The number of hydrogen-bond donors (Lipinski definition) is 2. The standard InChI is InChI=1S/C16H14BrN3O2/c17-14-9-5-4-8-13(14)16(22)18-11-15(21)20-19-10-12-6-2-1-3-7-12/h1-10H,11H2,(H,18,22)(H,20,21)/b19-10-. The quantitative estimate of drug-likeness (QED) is 0.635. The first kappa shape index (κ1) is 15.9. The lowest BCUT2D eigenvalue weighted by Gasteiger charge is -2.05. The summed E-state index contributed by atoms with van der Waals surface area (Å²) in [5.41, 5.74) is 3.71. The Balaban J connectivity index is 1.80. The first-order chi connectivity index (χ1) is 10.7. The molecule has 2 amide bonds. The van der Waals surface area contributed by atoms with Crippen molar-refractivity contribution in [2.75, 3.05) is 6.54 Å². The average molecular weight is 360 g/mol. The molecule has 0 aromatic heterocycles. The van der Waals surface area contributed by atoms with Gasteiger partial charge in [0.25, 0.3) is 11.8 Å². The van der Waals surface area contributed by atoms with Crippen LogP contribution in [0, 0.1) is 0 Å². The lowest BCUT2D eigenvalue weighted by atomic mass is 10.2. The van der Waals surface area contributed by atoms with Gasteiger partial charge < -0.3 is 5.32 Å². The van der Waals surface area contributed by atoms with Crippen LogP contribution in [0.5, 0.6) is 0 Å². The van der Waals surface area contributed by atoms with Crippen molar-refractivity contribution in [1.82, 2.24) is 10.7 Å². The molecular formula is C16H14BrN3O2. The zero-order valence-electron chi connectivity index (χ0n) is 11.6. The molecule has 0 saturated carbocycles. The van der Waals surface area contributed by atoms with Crippen LogP contribution in [0.4, 0.5) is 0 Å². The molecule has 0 fully saturated rings. The van der Waals surface area contributed by atoms with Crippen LogP contribution in [0.1, 0.15) is 15.9 Å². The molecule has 0 bridgehead atoms. The predicted molar refractivity (Wildman–Crippen MR) is 88.7 cm³/mol. The lowest BCUT2D eigenvalue weighted by molar-refractivity contribution is -0.120. The molecule has 2 N–H and O–H groups in total. The van der Waals surface area contributed by atoms with Gasteiger partial charge in [-0.15, -0.1) is 0 Å². The Bertz CT molecular complexity index is 687. The summed E-state index contributed by atoms with van der Waals surface area (Å²) < 4.78 is 0.676. The number of amides is 2. The molecule has 0 aliphatic carbocycles. The minimum Gasteiger partial charge on any atom is -0.343 e. The minimum atomic E-state index is -0.396. The third-order valence-corrected chi connectivity index (χ3v) is 3.42. The van der Waals surface area contributed by atoms with Gasteiger partial charge in [0.2, 0.25) is 0 Å². The fraction of sp³-hybridized carbons (Fsp3) is 0.0625. The molecule has 6 heteroatoms. The molecule has 2 aromatic carbocycles. The van der Waals surface area contributed by atoms with Crippen LogP contribution in [0.15, 0.2) is 64.2 Å². The second-order valence-electron chi connectivity index (χ2n) is 4.37. The Hall–Kier alpha value is -2.47. The van der Waals surface area contributed by atoms with Crippen LogP contribution in [0.2, 0.25) is 0 Å². The van der Waals surface area contributed by atoms with Gasteiger partial charge in [0, 0.05) is 4.47 Å². The second kappa shape index (κ2) is 8.09. The molecule has 0 atom stereocenters. The van der Waals surface area contributed by atoms with Crippen molar-refractivity contribution < 1.29 is 9.59 Å². The van der Waals surface area contributed by atoms with Crippen LogP contribution in [-0.2, 0) is 4.79 Å². The smallest absolute Gasteiger partial charge is 0.259 e. The van der Waals surface area contributed by atoms with Gasteiger partial charge in [-0.25, -0.2) is 5.43 Å². The van der Waals surface area contributed by atoms with Gasteiger partial charge in [0.05, 0.1) is 18.3 Å². The lowest BCUT2D eigenvalue weighted by Crippen LogP contribution is -2.35. The van der Waals surface area contributed by atoms with Gasteiger partial charge in [-0.1, -0.05) is 42.5 Å². The van der Waals surface area contributed by atoms with Crippen molar-refractivity contribution in [3.05, 3.63) is 70.2 Å². The highest BCUT2D eigenvalue weighted by Gasteiger charge is 2.10.